The van der Waals surface area contributed by atoms with Crippen molar-refractivity contribution in [2.75, 3.05) is 7.05 Å². The Kier molecular flexibility index (Phi) is 10.1. The van der Waals surface area contributed by atoms with E-state index in [1.807, 2.05) is 0 Å². The summed E-state index contributed by atoms with van der Waals surface area (Å²) in [4.78, 5) is 16.1. The molecule has 0 bridgehead atoms. The molecule has 4 heteroatoms. The number of carbonyl (C=O) groups excluding carboxylic acids is 1. The summed E-state index contributed by atoms with van der Waals surface area (Å²) in [6, 6.07) is 0. The summed E-state index contributed by atoms with van der Waals surface area (Å²) >= 11 is 0. The van der Waals surface area contributed by atoms with Gasteiger partial charge in [0.1, 0.15) is 7.28 Å². The van der Waals surface area contributed by atoms with E-state index in [2.05, 4.69) is 32.6 Å². The van der Waals surface area contributed by atoms with Crippen molar-refractivity contribution in [3.8, 4) is 0 Å². The number of hydrogen-bond donors (Lipinski definition) is 0. The average Bonchev–Trinajstić information content (AvgIpc) is 3.01. The lowest BCUT2D eigenvalue weighted by Gasteiger charge is -2.30. The normalized spacial score (nSPS) is 32.8. The second-order valence-corrected chi connectivity index (χ2v) is 11.4. The Balaban J connectivity index is 1.65. The van der Waals surface area contributed by atoms with Gasteiger partial charge in [0.25, 0.3) is 0 Å². The van der Waals surface area contributed by atoms with Gasteiger partial charge in [0.2, 0.25) is 5.91 Å². The Bertz CT molecular complexity index is 700. The number of nitrogens with zero attached hydrogens (tertiary/aromatic N) is 1. The highest BCUT2D eigenvalue weighted by Crippen LogP contribution is 2.44. The van der Waals surface area contributed by atoms with Gasteiger partial charge in [-0.25, -0.2) is 0 Å². The Labute approximate surface area is 205 Å². The van der Waals surface area contributed by atoms with Gasteiger partial charge >= 0.3 is 0 Å². The molecule has 1 saturated heterocycles. The molecule has 4 aliphatic rings. The third kappa shape index (κ3) is 7.04. The number of allylic oxidation sites excluding steroid dienone is 4. The molecule has 0 aromatic rings. The maximum absolute atomic E-state index is 13.9. The molecule has 3 aliphatic carbocycles. The minimum absolute atomic E-state index is 0.210. The molecule has 3 atom stereocenters. The largest absolute Gasteiger partial charge is 0.320 e. The summed E-state index contributed by atoms with van der Waals surface area (Å²) in [5.41, 5.74) is 4.42. The molecule has 2 fully saturated rings. The van der Waals surface area contributed by atoms with E-state index in [9.17, 15) is 4.79 Å². The van der Waals surface area contributed by atoms with Crippen LogP contribution in [-0.4, -0.2) is 32.4 Å². The topological polar surface area (TPSA) is 20.3 Å². The molecule has 4 rings (SSSR count). The van der Waals surface area contributed by atoms with Crippen molar-refractivity contribution in [3.63, 3.8) is 0 Å². The average molecular weight is 447 g/mol. The van der Waals surface area contributed by atoms with Crippen LogP contribution in [0, 0.1) is 5.92 Å². The van der Waals surface area contributed by atoms with E-state index in [1.165, 1.54) is 127 Å². The van der Waals surface area contributed by atoms with Crippen LogP contribution in [0.4, 0.5) is 0 Å². The fourth-order valence-electron chi connectivity index (χ4n) is 6.97. The predicted molar refractivity (Wildman–Crippen MR) is 143 cm³/mol. The van der Waals surface area contributed by atoms with E-state index >= 15 is 0 Å². The maximum atomic E-state index is 13.9. The van der Waals surface area contributed by atoms with Crippen LogP contribution in [0.5, 0.6) is 0 Å². The summed E-state index contributed by atoms with van der Waals surface area (Å²) in [5, 5.41) is 0. The van der Waals surface area contributed by atoms with Gasteiger partial charge < -0.3 is 4.90 Å². The lowest BCUT2D eigenvalue weighted by Crippen LogP contribution is -2.33. The fraction of sp³-hybridized carbons (Fsp3) is 0.828. The van der Waals surface area contributed by atoms with Crippen LogP contribution in [0.1, 0.15) is 128 Å². The first kappa shape index (κ1) is 25.2. The van der Waals surface area contributed by atoms with E-state index in [0.717, 1.165) is 12.8 Å². The van der Waals surface area contributed by atoms with E-state index in [4.69, 9.17) is 0 Å². The van der Waals surface area contributed by atoms with Crippen LogP contribution in [-0.2, 0) is 4.79 Å². The second-order valence-electron chi connectivity index (χ2n) is 11.4. The smallest absolute Gasteiger partial charge is 0.229 e. The lowest BCUT2D eigenvalue weighted by molar-refractivity contribution is -0.132. The van der Waals surface area contributed by atoms with Gasteiger partial charge in [-0.1, -0.05) is 114 Å². The Hall–Kier alpha value is -0.920. The first-order valence-corrected chi connectivity index (χ1v) is 14.6. The Morgan fingerprint density at radius 1 is 0.788 bits per heavy atom. The fourth-order valence-corrected chi connectivity index (χ4v) is 6.97. The van der Waals surface area contributed by atoms with Crippen LogP contribution in [0.2, 0.25) is 11.6 Å². The highest BCUT2D eigenvalue weighted by Gasteiger charge is 2.40. The van der Waals surface area contributed by atoms with Gasteiger partial charge in [-0.2, -0.15) is 0 Å². The highest BCUT2D eigenvalue weighted by atomic mass is 16.2. The van der Waals surface area contributed by atoms with E-state index < -0.39 is 0 Å². The summed E-state index contributed by atoms with van der Waals surface area (Å²) < 4.78 is 0. The third-order valence-electron chi connectivity index (χ3n) is 8.89. The first-order valence-electron chi connectivity index (χ1n) is 14.6. The zero-order valence-electron chi connectivity index (χ0n) is 21.5. The molecule has 33 heavy (non-hydrogen) atoms. The van der Waals surface area contributed by atoms with Crippen LogP contribution < -0.4 is 0 Å². The Morgan fingerprint density at radius 3 is 2.24 bits per heavy atom. The van der Waals surface area contributed by atoms with Crippen LogP contribution >= 0.6 is 0 Å². The van der Waals surface area contributed by atoms with Crippen molar-refractivity contribution in [1.82, 2.24) is 4.90 Å². The third-order valence-corrected chi connectivity index (χ3v) is 8.89. The summed E-state index contributed by atoms with van der Waals surface area (Å²) in [5.74, 6) is 1.56. The van der Waals surface area contributed by atoms with E-state index in [0.29, 0.717) is 17.5 Å². The molecule has 0 N–H and O–H groups in total. The van der Waals surface area contributed by atoms with Gasteiger partial charge in [0.05, 0.1) is 0 Å². The molecule has 3 unspecified atom stereocenters. The standard InChI is InChI=1S/C29H47B2NO/c1-32-28-26(30-23-17-11-5-2-3-6-12-18-23)21-15-9-10-16-22-27(28)31-25-20-14-8-4-7-13-19-24(25)29(32)33/h17,24-25,27H,2-16,18-22H2,1H3/b23-17+,28-26?. The van der Waals surface area contributed by atoms with Crippen LogP contribution in [0.15, 0.2) is 22.7 Å². The molecule has 1 saturated carbocycles. The van der Waals surface area contributed by atoms with Crippen molar-refractivity contribution in [1.29, 1.82) is 0 Å². The van der Waals surface area contributed by atoms with Gasteiger partial charge in [-0.05, 0) is 37.9 Å². The van der Waals surface area contributed by atoms with Gasteiger partial charge in [-0.3, -0.25) is 4.79 Å². The SMILES string of the molecule is CN1C(=O)C2CCCCCCCC2[B]C2CCCCCCC([B]/C3=C/CCCCCCC3)=C21. The number of hydrogen-bond acceptors (Lipinski definition) is 1. The Morgan fingerprint density at radius 2 is 1.42 bits per heavy atom. The van der Waals surface area contributed by atoms with Gasteiger partial charge in [0, 0.05) is 18.7 Å². The number of carbonyl (C=O) groups is 1. The number of rotatable bonds is 2. The molecule has 0 aromatic carbocycles. The molecule has 1 aliphatic heterocycles. The molecule has 1 amide bonds. The molecule has 1 heterocycles. The van der Waals surface area contributed by atoms with Crippen LogP contribution in [0.25, 0.3) is 0 Å². The zero-order chi connectivity index (χ0) is 22.9. The van der Waals surface area contributed by atoms with E-state index in [1.54, 1.807) is 5.47 Å². The van der Waals surface area contributed by atoms with Crippen molar-refractivity contribution in [3.05, 3.63) is 22.7 Å². The summed E-state index contributed by atoms with van der Waals surface area (Å²) in [6.45, 7) is 0. The molecule has 0 spiro atoms. The molecule has 0 aromatic heterocycles. The maximum Gasteiger partial charge on any atom is 0.229 e. The second kappa shape index (κ2) is 13.2. The zero-order valence-corrected chi connectivity index (χ0v) is 21.5. The van der Waals surface area contributed by atoms with Crippen LogP contribution in [0.3, 0.4) is 0 Å². The monoisotopic (exact) mass is 447 g/mol. The highest BCUT2D eigenvalue weighted by molar-refractivity contribution is 6.54. The molecule has 2 radical (unpaired) electrons. The van der Waals surface area contributed by atoms with Crippen molar-refractivity contribution in [2.24, 2.45) is 5.92 Å². The minimum Gasteiger partial charge on any atom is -0.320 e. The van der Waals surface area contributed by atoms with Crippen molar-refractivity contribution < 1.29 is 4.79 Å². The molecule has 180 valence electrons. The molecule has 2 nitrogen and oxygen atoms in total. The van der Waals surface area contributed by atoms with Crippen molar-refractivity contribution >= 4 is 20.5 Å². The molecular weight excluding hydrogens is 400 g/mol. The lowest BCUT2D eigenvalue weighted by atomic mass is 9.47. The molecular formula is C29H47B2NO. The first-order chi connectivity index (χ1) is 16.2. The number of amides is 1. The minimum atomic E-state index is 0.210. The van der Waals surface area contributed by atoms with Gasteiger partial charge in [0.15, 0.2) is 7.28 Å². The van der Waals surface area contributed by atoms with E-state index in [-0.39, 0.29) is 5.92 Å². The summed E-state index contributed by atoms with van der Waals surface area (Å²) in [7, 11) is 7.36. The van der Waals surface area contributed by atoms with Gasteiger partial charge in [-0.15, -0.1) is 5.47 Å². The summed E-state index contributed by atoms with van der Waals surface area (Å²) in [6.07, 6.45) is 28.2. The van der Waals surface area contributed by atoms with Crippen molar-refractivity contribution in [2.45, 2.75) is 140 Å². The quantitative estimate of drug-likeness (QED) is 0.393. The number of fused-ring (bicyclic) bond motifs is 2. The predicted octanol–water partition coefficient (Wildman–Crippen LogP) is 8.00.